The van der Waals surface area contributed by atoms with Crippen LogP contribution in [-0.2, 0) is 20.7 Å². The van der Waals surface area contributed by atoms with E-state index >= 15 is 0 Å². The summed E-state index contributed by atoms with van der Waals surface area (Å²) in [6.07, 6.45) is -0.768. The molecule has 1 aromatic carbocycles. The standard InChI is InChI=1S/C15H13Cl2NO3S/c1-9(21-14(19)8-11-3-2-6-22-11)15(20)18-13-5-4-10(16)7-12(13)17/h2-7,9H,8H2,1H3,(H,18,20)/t9-/m1/s1. The molecule has 0 fully saturated rings. The summed E-state index contributed by atoms with van der Waals surface area (Å²) < 4.78 is 5.11. The molecule has 1 N–H and O–H groups in total. The first-order valence-corrected chi connectivity index (χ1v) is 8.07. The van der Waals surface area contributed by atoms with Crippen molar-refractivity contribution < 1.29 is 14.3 Å². The first-order chi connectivity index (χ1) is 10.5. The topological polar surface area (TPSA) is 55.4 Å². The Hall–Kier alpha value is -1.56. The summed E-state index contributed by atoms with van der Waals surface area (Å²) in [6.45, 7) is 1.51. The number of amides is 1. The highest BCUT2D eigenvalue weighted by Crippen LogP contribution is 2.25. The van der Waals surface area contributed by atoms with Crippen molar-refractivity contribution in [2.75, 3.05) is 5.32 Å². The fourth-order valence-corrected chi connectivity index (χ4v) is 2.82. The summed E-state index contributed by atoms with van der Waals surface area (Å²) in [4.78, 5) is 24.6. The van der Waals surface area contributed by atoms with Gasteiger partial charge < -0.3 is 10.1 Å². The van der Waals surface area contributed by atoms with Crippen molar-refractivity contribution >= 4 is 52.1 Å². The zero-order chi connectivity index (χ0) is 16.1. The number of hydrogen-bond acceptors (Lipinski definition) is 4. The lowest BCUT2D eigenvalue weighted by Gasteiger charge is -2.14. The minimum atomic E-state index is -0.917. The number of thiophene rings is 1. The molecule has 0 aliphatic heterocycles. The highest BCUT2D eigenvalue weighted by Gasteiger charge is 2.19. The third kappa shape index (κ3) is 4.73. The fourth-order valence-electron chi connectivity index (χ4n) is 1.67. The molecular weight excluding hydrogens is 345 g/mol. The summed E-state index contributed by atoms with van der Waals surface area (Å²) in [5.41, 5.74) is 0.414. The van der Waals surface area contributed by atoms with Crippen molar-refractivity contribution in [1.29, 1.82) is 0 Å². The van der Waals surface area contributed by atoms with Gasteiger partial charge in [-0.25, -0.2) is 0 Å². The van der Waals surface area contributed by atoms with E-state index in [4.69, 9.17) is 27.9 Å². The summed E-state index contributed by atoms with van der Waals surface area (Å²) in [5, 5.41) is 5.26. The zero-order valence-corrected chi connectivity index (χ0v) is 14.0. The van der Waals surface area contributed by atoms with Crippen molar-refractivity contribution in [3.63, 3.8) is 0 Å². The molecule has 0 saturated carbocycles. The van der Waals surface area contributed by atoms with Gasteiger partial charge in [0.15, 0.2) is 6.10 Å². The molecule has 1 atom stereocenters. The van der Waals surface area contributed by atoms with E-state index in [1.807, 2.05) is 17.5 Å². The summed E-state index contributed by atoms with van der Waals surface area (Å²) >= 11 is 13.2. The van der Waals surface area contributed by atoms with E-state index in [9.17, 15) is 9.59 Å². The molecule has 0 aliphatic rings. The predicted molar refractivity (Wildman–Crippen MR) is 88.7 cm³/mol. The van der Waals surface area contributed by atoms with Crippen molar-refractivity contribution in [2.24, 2.45) is 0 Å². The zero-order valence-electron chi connectivity index (χ0n) is 11.6. The Bertz CT molecular complexity index is 673. The average Bonchev–Trinajstić information content (AvgIpc) is 2.94. The van der Waals surface area contributed by atoms with Crippen LogP contribution >= 0.6 is 34.5 Å². The quantitative estimate of drug-likeness (QED) is 0.817. The van der Waals surface area contributed by atoms with Crippen molar-refractivity contribution in [3.8, 4) is 0 Å². The van der Waals surface area contributed by atoms with Gasteiger partial charge in [0.1, 0.15) is 0 Å². The summed E-state index contributed by atoms with van der Waals surface area (Å²) in [6, 6.07) is 8.40. The molecule has 116 valence electrons. The average molecular weight is 358 g/mol. The molecule has 0 aliphatic carbocycles. The number of benzene rings is 1. The van der Waals surface area contributed by atoms with Crippen molar-refractivity contribution in [3.05, 3.63) is 50.6 Å². The number of halogens is 2. The lowest BCUT2D eigenvalue weighted by molar-refractivity contribution is -0.152. The van der Waals surface area contributed by atoms with Gasteiger partial charge in [-0.05, 0) is 36.6 Å². The second-order valence-electron chi connectivity index (χ2n) is 4.50. The van der Waals surface area contributed by atoms with Gasteiger partial charge >= 0.3 is 5.97 Å². The normalized spacial score (nSPS) is 11.8. The maximum Gasteiger partial charge on any atom is 0.311 e. The number of nitrogens with one attached hydrogen (secondary N) is 1. The summed E-state index contributed by atoms with van der Waals surface area (Å²) in [5.74, 6) is -0.906. The first-order valence-electron chi connectivity index (χ1n) is 6.43. The maximum absolute atomic E-state index is 12.0. The number of anilines is 1. The Kier molecular flexibility index (Phi) is 5.83. The van der Waals surface area contributed by atoms with Crippen LogP contribution in [0.2, 0.25) is 10.0 Å². The fraction of sp³-hybridized carbons (Fsp3) is 0.200. The van der Waals surface area contributed by atoms with E-state index in [1.165, 1.54) is 24.3 Å². The molecule has 1 aromatic heterocycles. The molecule has 4 nitrogen and oxygen atoms in total. The number of esters is 1. The third-order valence-corrected chi connectivity index (χ3v) is 4.19. The molecule has 1 amide bonds. The Labute approximate surface area is 142 Å². The monoisotopic (exact) mass is 357 g/mol. The molecule has 2 aromatic rings. The molecule has 0 spiro atoms. The highest BCUT2D eigenvalue weighted by atomic mass is 35.5. The van der Waals surface area contributed by atoms with Crippen LogP contribution in [0.3, 0.4) is 0 Å². The molecule has 7 heteroatoms. The lowest BCUT2D eigenvalue weighted by atomic mass is 10.3. The first kappa shape index (κ1) is 16.8. The van der Waals surface area contributed by atoms with Crippen LogP contribution in [-0.4, -0.2) is 18.0 Å². The maximum atomic E-state index is 12.0. The number of carbonyl (C=O) groups is 2. The molecule has 22 heavy (non-hydrogen) atoms. The van der Waals surface area contributed by atoms with Crippen LogP contribution in [0.25, 0.3) is 0 Å². The largest absolute Gasteiger partial charge is 0.452 e. The van der Waals surface area contributed by atoms with Crippen LogP contribution in [0, 0.1) is 0 Å². The molecule has 0 bridgehead atoms. The SMILES string of the molecule is C[C@@H](OC(=O)Cc1cccs1)C(=O)Nc1ccc(Cl)cc1Cl. The van der Waals surface area contributed by atoms with Gasteiger partial charge in [0.2, 0.25) is 0 Å². The predicted octanol–water partition coefficient (Wildman–Crippen LogP) is 4.17. The van der Waals surface area contributed by atoms with Crippen LogP contribution < -0.4 is 5.32 Å². The molecular formula is C15H13Cl2NO3S. The van der Waals surface area contributed by atoms with Gasteiger partial charge in [0.25, 0.3) is 5.91 Å². The smallest absolute Gasteiger partial charge is 0.311 e. The summed E-state index contributed by atoms with van der Waals surface area (Å²) in [7, 11) is 0. The molecule has 0 radical (unpaired) electrons. The van der Waals surface area contributed by atoms with Crippen LogP contribution in [0.15, 0.2) is 35.7 Å². The van der Waals surface area contributed by atoms with Gasteiger partial charge in [0, 0.05) is 9.90 Å². The Morgan fingerprint density at radius 3 is 2.73 bits per heavy atom. The molecule has 0 unspecified atom stereocenters. The molecule has 2 rings (SSSR count). The van der Waals surface area contributed by atoms with Gasteiger partial charge in [0.05, 0.1) is 17.1 Å². The number of hydrogen-bond donors (Lipinski definition) is 1. The van der Waals surface area contributed by atoms with Crippen LogP contribution in [0.4, 0.5) is 5.69 Å². The molecule has 1 heterocycles. The van der Waals surface area contributed by atoms with E-state index in [0.717, 1.165) is 4.88 Å². The minimum Gasteiger partial charge on any atom is -0.452 e. The van der Waals surface area contributed by atoms with E-state index < -0.39 is 18.0 Å². The van der Waals surface area contributed by atoms with Gasteiger partial charge in [-0.3, -0.25) is 9.59 Å². The van der Waals surface area contributed by atoms with E-state index in [1.54, 1.807) is 12.1 Å². The number of rotatable bonds is 5. The van der Waals surface area contributed by atoms with Gasteiger partial charge in [-0.2, -0.15) is 0 Å². The van der Waals surface area contributed by atoms with Crippen molar-refractivity contribution in [1.82, 2.24) is 0 Å². The van der Waals surface area contributed by atoms with Crippen LogP contribution in [0.5, 0.6) is 0 Å². The Morgan fingerprint density at radius 1 is 1.32 bits per heavy atom. The van der Waals surface area contributed by atoms with Crippen molar-refractivity contribution in [2.45, 2.75) is 19.4 Å². The van der Waals surface area contributed by atoms with E-state index in [0.29, 0.717) is 15.7 Å². The van der Waals surface area contributed by atoms with Gasteiger partial charge in [-0.1, -0.05) is 29.3 Å². The van der Waals surface area contributed by atoms with Gasteiger partial charge in [-0.15, -0.1) is 11.3 Å². The second kappa shape index (κ2) is 7.63. The third-order valence-electron chi connectivity index (χ3n) is 2.77. The number of ether oxygens (including phenoxy) is 1. The van der Waals surface area contributed by atoms with E-state index in [2.05, 4.69) is 5.32 Å². The second-order valence-corrected chi connectivity index (χ2v) is 6.38. The minimum absolute atomic E-state index is 0.150. The van der Waals surface area contributed by atoms with Crippen LogP contribution in [0.1, 0.15) is 11.8 Å². The molecule has 0 saturated heterocycles. The Balaban J connectivity index is 1.90. The van der Waals surface area contributed by atoms with E-state index in [-0.39, 0.29) is 6.42 Å². The Morgan fingerprint density at radius 2 is 2.09 bits per heavy atom. The lowest BCUT2D eigenvalue weighted by Crippen LogP contribution is -2.30. The highest BCUT2D eigenvalue weighted by molar-refractivity contribution is 7.10. The number of carbonyl (C=O) groups excluding carboxylic acids is 2.